The molecule has 2 rings (SSSR count). The third-order valence-corrected chi connectivity index (χ3v) is 3.34. The van der Waals surface area contributed by atoms with E-state index in [4.69, 9.17) is 0 Å². The first-order chi connectivity index (χ1) is 9.60. The zero-order valence-corrected chi connectivity index (χ0v) is 11.3. The van der Waals surface area contributed by atoms with Crippen molar-refractivity contribution >= 4 is 11.9 Å². The van der Waals surface area contributed by atoms with Crippen LogP contribution in [0.5, 0.6) is 0 Å². The Kier molecular flexibility index (Phi) is 4.68. The summed E-state index contributed by atoms with van der Waals surface area (Å²) in [7, 11) is 1.35. The lowest BCUT2D eigenvalue weighted by atomic mass is 10.1. The molecule has 0 aliphatic carbocycles. The van der Waals surface area contributed by atoms with Crippen molar-refractivity contribution in [1.29, 1.82) is 0 Å². The maximum absolute atomic E-state index is 12.8. The van der Waals surface area contributed by atoms with Crippen LogP contribution in [0, 0.1) is 5.82 Å². The Labute approximate surface area is 116 Å². The van der Waals surface area contributed by atoms with E-state index in [1.807, 2.05) is 4.90 Å². The lowest BCUT2D eigenvalue weighted by Crippen LogP contribution is -2.49. The molecule has 108 valence electrons. The topological polar surface area (TPSA) is 49.9 Å². The molecule has 0 N–H and O–H groups in total. The monoisotopic (exact) mass is 280 g/mol. The lowest BCUT2D eigenvalue weighted by Gasteiger charge is -2.33. The molecule has 0 unspecified atom stereocenters. The number of Topliss-reactive ketones (excluding diaryl/α,β-unsaturated/α-hetero) is 1. The number of halogens is 1. The average Bonchev–Trinajstić information content (AvgIpc) is 2.48. The molecule has 20 heavy (non-hydrogen) atoms. The van der Waals surface area contributed by atoms with E-state index >= 15 is 0 Å². The second kappa shape index (κ2) is 6.47. The van der Waals surface area contributed by atoms with Crippen LogP contribution in [0.1, 0.15) is 10.4 Å². The van der Waals surface area contributed by atoms with Crippen LogP contribution >= 0.6 is 0 Å². The number of piperazine rings is 1. The summed E-state index contributed by atoms with van der Waals surface area (Å²) in [6.07, 6.45) is -0.338. The van der Waals surface area contributed by atoms with Crippen LogP contribution in [0.15, 0.2) is 24.3 Å². The van der Waals surface area contributed by atoms with Crippen molar-refractivity contribution in [2.24, 2.45) is 0 Å². The van der Waals surface area contributed by atoms with Crippen LogP contribution in [-0.4, -0.2) is 61.5 Å². The van der Waals surface area contributed by atoms with E-state index in [2.05, 4.69) is 4.74 Å². The van der Waals surface area contributed by atoms with E-state index in [-0.39, 0.29) is 24.2 Å². The highest BCUT2D eigenvalue weighted by molar-refractivity contribution is 5.97. The third kappa shape index (κ3) is 3.54. The highest BCUT2D eigenvalue weighted by atomic mass is 19.1. The minimum Gasteiger partial charge on any atom is -0.453 e. The molecular formula is C14H17FN2O3. The Morgan fingerprint density at radius 2 is 1.75 bits per heavy atom. The first-order valence-electron chi connectivity index (χ1n) is 6.44. The molecule has 1 heterocycles. The Bertz CT molecular complexity index is 482. The van der Waals surface area contributed by atoms with Crippen LogP contribution in [0.3, 0.4) is 0 Å². The van der Waals surface area contributed by atoms with Crippen LogP contribution in [-0.2, 0) is 4.74 Å². The molecule has 0 saturated carbocycles. The predicted molar refractivity (Wildman–Crippen MR) is 71.1 cm³/mol. The van der Waals surface area contributed by atoms with Gasteiger partial charge in [-0.25, -0.2) is 9.18 Å². The van der Waals surface area contributed by atoms with Gasteiger partial charge in [0.15, 0.2) is 5.78 Å². The smallest absolute Gasteiger partial charge is 0.409 e. The van der Waals surface area contributed by atoms with E-state index in [0.717, 1.165) is 0 Å². The SMILES string of the molecule is COC(=O)N1CCN(CC(=O)c2ccc(F)cc2)CC1. The molecule has 1 aliphatic heterocycles. The molecular weight excluding hydrogens is 263 g/mol. The molecule has 0 aromatic heterocycles. The molecule has 1 aromatic carbocycles. The normalized spacial score (nSPS) is 16.0. The Hall–Kier alpha value is -1.95. The van der Waals surface area contributed by atoms with Gasteiger partial charge in [-0.1, -0.05) is 0 Å². The van der Waals surface area contributed by atoms with Gasteiger partial charge in [0.2, 0.25) is 0 Å². The minimum atomic E-state index is -0.353. The molecule has 0 bridgehead atoms. The summed E-state index contributed by atoms with van der Waals surface area (Å²) in [4.78, 5) is 26.9. The van der Waals surface area contributed by atoms with Gasteiger partial charge < -0.3 is 9.64 Å². The van der Waals surface area contributed by atoms with Gasteiger partial charge in [0, 0.05) is 31.7 Å². The van der Waals surface area contributed by atoms with Gasteiger partial charge in [-0.15, -0.1) is 0 Å². The van der Waals surface area contributed by atoms with Crippen LogP contribution in [0.25, 0.3) is 0 Å². The Morgan fingerprint density at radius 3 is 2.30 bits per heavy atom. The number of hydrogen-bond donors (Lipinski definition) is 0. The quantitative estimate of drug-likeness (QED) is 0.785. The van der Waals surface area contributed by atoms with Gasteiger partial charge in [-0.05, 0) is 24.3 Å². The lowest BCUT2D eigenvalue weighted by molar-refractivity contribution is 0.0790. The standard InChI is InChI=1S/C14H17FN2O3/c1-20-14(19)17-8-6-16(7-9-17)10-13(18)11-2-4-12(15)5-3-11/h2-5H,6-10H2,1H3. The molecule has 5 nitrogen and oxygen atoms in total. The average molecular weight is 280 g/mol. The second-order valence-electron chi connectivity index (χ2n) is 4.66. The van der Waals surface area contributed by atoms with Crippen molar-refractivity contribution < 1.29 is 18.7 Å². The maximum Gasteiger partial charge on any atom is 0.409 e. The van der Waals surface area contributed by atoms with Crippen molar-refractivity contribution in [2.75, 3.05) is 39.8 Å². The number of methoxy groups -OCH3 is 1. The number of nitrogens with zero attached hydrogens (tertiary/aromatic N) is 2. The highest BCUT2D eigenvalue weighted by Gasteiger charge is 2.22. The van der Waals surface area contributed by atoms with Crippen LogP contribution < -0.4 is 0 Å². The summed E-state index contributed by atoms with van der Waals surface area (Å²) in [6, 6.07) is 5.54. The summed E-state index contributed by atoms with van der Waals surface area (Å²) in [5.41, 5.74) is 0.502. The van der Waals surface area contributed by atoms with Gasteiger partial charge in [0.05, 0.1) is 13.7 Å². The zero-order valence-electron chi connectivity index (χ0n) is 11.3. The van der Waals surface area contributed by atoms with E-state index in [0.29, 0.717) is 31.7 Å². The third-order valence-electron chi connectivity index (χ3n) is 3.34. The van der Waals surface area contributed by atoms with E-state index in [1.54, 1.807) is 4.90 Å². The van der Waals surface area contributed by atoms with Gasteiger partial charge in [0.25, 0.3) is 0 Å². The molecule has 1 amide bonds. The molecule has 1 aliphatic rings. The van der Waals surface area contributed by atoms with Gasteiger partial charge in [-0.3, -0.25) is 9.69 Å². The van der Waals surface area contributed by atoms with Crippen molar-refractivity contribution in [3.05, 3.63) is 35.6 Å². The predicted octanol–water partition coefficient (Wildman–Crippen LogP) is 1.39. The molecule has 6 heteroatoms. The van der Waals surface area contributed by atoms with Gasteiger partial charge >= 0.3 is 6.09 Å². The summed E-state index contributed by atoms with van der Waals surface area (Å²) in [5, 5.41) is 0. The number of hydrogen-bond acceptors (Lipinski definition) is 4. The first kappa shape index (κ1) is 14.5. The molecule has 0 spiro atoms. The molecule has 1 saturated heterocycles. The number of carbonyl (C=O) groups is 2. The largest absolute Gasteiger partial charge is 0.453 e. The van der Waals surface area contributed by atoms with E-state index in [9.17, 15) is 14.0 Å². The second-order valence-corrected chi connectivity index (χ2v) is 4.66. The van der Waals surface area contributed by atoms with Crippen LogP contribution in [0.2, 0.25) is 0 Å². The summed E-state index contributed by atoms with van der Waals surface area (Å²) in [5.74, 6) is -0.398. The van der Waals surface area contributed by atoms with Crippen molar-refractivity contribution in [2.45, 2.75) is 0 Å². The zero-order chi connectivity index (χ0) is 14.5. The maximum atomic E-state index is 12.8. The fraction of sp³-hybridized carbons (Fsp3) is 0.429. The van der Waals surface area contributed by atoms with Crippen molar-refractivity contribution in [3.8, 4) is 0 Å². The van der Waals surface area contributed by atoms with Crippen molar-refractivity contribution in [3.63, 3.8) is 0 Å². The number of ether oxygens (including phenoxy) is 1. The fourth-order valence-electron chi connectivity index (χ4n) is 2.15. The first-order valence-corrected chi connectivity index (χ1v) is 6.44. The number of amides is 1. The number of benzene rings is 1. The van der Waals surface area contributed by atoms with E-state index < -0.39 is 0 Å². The Balaban J connectivity index is 1.85. The fourth-order valence-corrected chi connectivity index (χ4v) is 2.15. The number of carbonyl (C=O) groups excluding carboxylic acids is 2. The van der Waals surface area contributed by atoms with Crippen LogP contribution in [0.4, 0.5) is 9.18 Å². The molecule has 1 fully saturated rings. The van der Waals surface area contributed by atoms with Crippen molar-refractivity contribution in [1.82, 2.24) is 9.80 Å². The highest BCUT2D eigenvalue weighted by Crippen LogP contribution is 2.08. The Morgan fingerprint density at radius 1 is 1.15 bits per heavy atom. The number of ketones is 1. The van der Waals surface area contributed by atoms with E-state index in [1.165, 1.54) is 31.4 Å². The van der Waals surface area contributed by atoms with Gasteiger partial charge in [0.1, 0.15) is 5.82 Å². The molecule has 0 atom stereocenters. The minimum absolute atomic E-state index is 0.0449. The summed E-state index contributed by atoms with van der Waals surface area (Å²) in [6.45, 7) is 2.62. The number of rotatable bonds is 3. The summed E-state index contributed by atoms with van der Waals surface area (Å²) < 4.78 is 17.4. The molecule has 0 radical (unpaired) electrons. The molecule has 1 aromatic rings. The summed E-state index contributed by atoms with van der Waals surface area (Å²) >= 11 is 0. The van der Waals surface area contributed by atoms with Gasteiger partial charge in [-0.2, -0.15) is 0 Å².